The fraction of sp³-hybridized carbons (Fsp3) is 0.0769. The summed E-state index contributed by atoms with van der Waals surface area (Å²) in [4.78, 5) is 28.0. The molecule has 0 saturated carbocycles. The van der Waals surface area contributed by atoms with Crippen molar-refractivity contribution >= 4 is 28.3 Å². The number of Topliss-reactive ketones (excluding diaryl/α,β-unsaturated/α-hetero) is 1. The van der Waals surface area contributed by atoms with Gasteiger partial charge in [-0.2, -0.15) is 0 Å². The van der Waals surface area contributed by atoms with Gasteiger partial charge in [0.1, 0.15) is 11.4 Å². The summed E-state index contributed by atoms with van der Waals surface area (Å²) in [7, 11) is 0. The van der Waals surface area contributed by atoms with Gasteiger partial charge < -0.3 is 9.52 Å². The lowest BCUT2D eigenvalue weighted by Gasteiger charge is -2.28. The number of benzene rings is 3. The minimum Gasteiger partial charge on any atom is -0.503 e. The Morgan fingerprint density at radius 3 is 2.44 bits per heavy atom. The number of rotatable bonds is 4. The van der Waals surface area contributed by atoms with Gasteiger partial charge in [0.15, 0.2) is 11.5 Å². The van der Waals surface area contributed by atoms with Crippen LogP contribution in [0.1, 0.15) is 27.7 Å². The van der Waals surface area contributed by atoms with Crippen LogP contribution in [-0.2, 0) is 4.79 Å². The highest BCUT2D eigenvalue weighted by molar-refractivity contribution is 6.20. The lowest BCUT2D eigenvalue weighted by Crippen LogP contribution is -2.32. The molecular formula is C26H18FNO4. The Balaban J connectivity index is 1.70. The fourth-order valence-corrected chi connectivity index (χ4v) is 4.14. The number of hydrogen-bond donors (Lipinski definition) is 1. The van der Waals surface area contributed by atoms with Crippen LogP contribution in [0.4, 0.5) is 10.1 Å². The summed E-state index contributed by atoms with van der Waals surface area (Å²) in [6, 6.07) is 20.5. The summed E-state index contributed by atoms with van der Waals surface area (Å²) in [6.07, 6.45) is 0. The Morgan fingerprint density at radius 2 is 1.69 bits per heavy atom. The second-order valence-corrected chi connectivity index (χ2v) is 7.63. The van der Waals surface area contributed by atoms with E-state index >= 15 is 0 Å². The van der Waals surface area contributed by atoms with Gasteiger partial charge in [-0.3, -0.25) is 14.5 Å². The van der Waals surface area contributed by atoms with E-state index in [0.717, 1.165) is 5.56 Å². The Labute approximate surface area is 183 Å². The van der Waals surface area contributed by atoms with Crippen LogP contribution in [0.25, 0.3) is 11.0 Å². The van der Waals surface area contributed by atoms with Gasteiger partial charge >= 0.3 is 0 Å². The molecule has 0 fully saturated rings. The Morgan fingerprint density at radius 1 is 1.00 bits per heavy atom. The number of carbonyl (C=O) groups is 2. The number of halogens is 1. The van der Waals surface area contributed by atoms with E-state index in [9.17, 15) is 19.1 Å². The molecule has 5 rings (SSSR count). The summed E-state index contributed by atoms with van der Waals surface area (Å²) < 4.78 is 20.6. The Bertz CT molecular complexity index is 1390. The highest BCUT2D eigenvalue weighted by Crippen LogP contribution is 2.43. The summed E-state index contributed by atoms with van der Waals surface area (Å²) in [5, 5.41) is 11.5. The Kier molecular flexibility index (Phi) is 4.63. The molecule has 1 N–H and O–H groups in total. The molecule has 0 saturated heterocycles. The van der Waals surface area contributed by atoms with Gasteiger partial charge in [-0.1, -0.05) is 54.6 Å². The number of amides is 1. The van der Waals surface area contributed by atoms with Crippen molar-refractivity contribution in [2.24, 2.45) is 0 Å². The van der Waals surface area contributed by atoms with Crippen molar-refractivity contribution in [2.75, 3.05) is 4.90 Å². The van der Waals surface area contributed by atoms with E-state index in [0.29, 0.717) is 16.7 Å². The van der Waals surface area contributed by atoms with Crippen molar-refractivity contribution in [3.8, 4) is 0 Å². The molecule has 0 bridgehead atoms. The normalized spacial score (nSPS) is 16.2. The van der Waals surface area contributed by atoms with Gasteiger partial charge in [-0.05, 0) is 36.8 Å². The topological polar surface area (TPSA) is 70.8 Å². The second-order valence-electron chi connectivity index (χ2n) is 7.63. The third-order valence-corrected chi connectivity index (χ3v) is 5.68. The number of aryl methyl sites for hydroxylation is 1. The number of hydrogen-bond acceptors (Lipinski definition) is 4. The van der Waals surface area contributed by atoms with Crippen molar-refractivity contribution in [2.45, 2.75) is 13.0 Å². The van der Waals surface area contributed by atoms with Crippen molar-refractivity contribution < 1.29 is 23.5 Å². The number of fused-ring (bicyclic) bond motifs is 1. The largest absolute Gasteiger partial charge is 0.503 e. The maximum Gasteiger partial charge on any atom is 0.294 e. The van der Waals surface area contributed by atoms with Crippen LogP contribution in [0.15, 0.2) is 94.6 Å². The molecule has 1 aliphatic rings. The van der Waals surface area contributed by atoms with Crippen LogP contribution in [0.5, 0.6) is 0 Å². The molecule has 1 unspecified atom stereocenters. The second kappa shape index (κ2) is 7.50. The minimum atomic E-state index is -1.15. The monoisotopic (exact) mass is 427 g/mol. The molecule has 1 amide bonds. The summed E-state index contributed by atoms with van der Waals surface area (Å²) in [5.74, 6) is -2.78. The summed E-state index contributed by atoms with van der Waals surface area (Å²) >= 11 is 0. The van der Waals surface area contributed by atoms with E-state index in [4.69, 9.17) is 4.42 Å². The van der Waals surface area contributed by atoms with Gasteiger partial charge in [0.2, 0.25) is 5.78 Å². The van der Waals surface area contributed by atoms with Crippen molar-refractivity contribution in [3.05, 3.63) is 113 Å². The number of para-hydroxylation sites is 2. The molecule has 5 nitrogen and oxygen atoms in total. The number of ketones is 1. The molecule has 2 heterocycles. The predicted molar refractivity (Wildman–Crippen MR) is 118 cm³/mol. The smallest absolute Gasteiger partial charge is 0.294 e. The van der Waals surface area contributed by atoms with Crippen LogP contribution in [0.3, 0.4) is 0 Å². The molecule has 1 aliphatic heterocycles. The van der Waals surface area contributed by atoms with E-state index < -0.39 is 29.3 Å². The average Bonchev–Trinajstić information content (AvgIpc) is 3.34. The summed E-state index contributed by atoms with van der Waals surface area (Å²) in [5.41, 5.74) is 1.60. The standard InChI is InChI=1S/C26H18FNO4/c1-15-8-2-6-12-19(15)28-23(17-10-4-5-11-18(17)27)22(25(30)26(28)31)24(29)21-14-16-9-3-7-13-20(16)32-21/h2-14,23,30H,1H3. The van der Waals surface area contributed by atoms with Crippen LogP contribution in [0, 0.1) is 12.7 Å². The quantitative estimate of drug-likeness (QED) is 0.427. The van der Waals surface area contributed by atoms with Crippen LogP contribution in [0.2, 0.25) is 0 Å². The molecule has 1 aromatic heterocycles. The first-order valence-electron chi connectivity index (χ1n) is 10.1. The highest BCUT2D eigenvalue weighted by atomic mass is 19.1. The first-order valence-corrected chi connectivity index (χ1v) is 10.1. The third kappa shape index (κ3) is 3.00. The lowest BCUT2D eigenvalue weighted by molar-refractivity contribution is -0.117. The average molecular weight is 427 g/mol. The number of aliphatic hydroxyl groups is 1. The minimum absolute atomic E-state index is 0.0338. The van der Waals surface area contributed by atoms with Crippen molar-refractivity contribution in [3.63, 3.8) is 0 Å². The summed E-state index contributed by atoms with van der Waals surface area (Å²) in [6.45, 7) is 1.80. The molecule has 0 radical (unpaired) electrons. The zero-order valence-electron chi connectivity index (χ0n) is 17.1. The zero-order chi connectivity index (χ0) is 22.4. The van der Waals surface area contributed by atoms with Gasteiger partial charge in [-0.25, -0.2) is 4.39 Å². The van der Waals surface area contributed by atoms with E-state index in [1.54, 1.807) is 55.5 Å². The van der Waals surface area contributed by atoms with Crippen LogP contribution in [-0.4, -0.2) is 16.8 Å². The highest BCUT2D eigenvalue weighted by Gasteiger charge is 2.46. The van der Waals surface area contributed by atoms with Crippen LogP contribution < -0.4 is 4.90 Å². The SMILES string of the molecule is Cc1ccccc1N1C(=O)C(O)=C(C(=O)c2cc3ccccc3o2)C1c1ccccc1F. The molecule has 6 heteroatoms. The maximum absolute atomic E-state index is 14.9. The first kappa shape index (κ1) is 19.8. The number of aliphatic hydroxyl groups excluding tert-OH is 1. The molecule has 1 atom stereocenters. The van der Waals surface area contributed by atoms with Gasteiger partial charge in [0.05, 0.1) is 11.6 Å². The number of furan rings is 1. The maximum atomic E-state index is 14.9. The molecule has 158 valence electrons. The van der Waals surface area contributed by atoms with Crippen molar-refractivity contribution in [1.82, 2.24) is 0 Å². The molecule has 3 aromatic carbocycles. The molecule has 4 aromatic rings. The lowest BCUT2D eigenvalue weighted by atomic mass is 9.94. The molecule has 0 aliphatic carbocycles. The predicted octanol–water partition coefficient (Wildman–Crippen LogP) is 5.66. The molecule has 0 spiro atoms. The van der Waals surface area contributed by atoms with Gasteiger partial charge in [-0.15, -0.1) is 0 Å². The number of anilines is 1. The van der Waals surface area contributed by atoms with E-state index in [-0.39, 0.29) is 16.9 Å². The fourth-order valence-electron chi connectivity index (χ4n) is 4.14. The molecular weight excluding hydrogens is 409 g/mol. The van der Waals surface area contributed by atoms with E-state index in [1.165, 1.54) is 23.1 Å². The third-order valence-electron chi connectivity index (χ3n) is 5.68. The van der Waals surface area contributed by atoms with Crippen LogP contribution >= 0.6 is 0 Å². The number of carbonyl (C=O) groups excluding carboxylic acids is 2. The zero-order valence-corrected chi connectivity index (χ0v) is 17.1. The number of nitrogens with zero attached hydrogens (tertiary/aromatic N) is 1. The van der Waals surface area contributed by atoms with Gasteiger partial charge in [0, 0.05) is 16.6 Å². The van der Waals surface area contributed by atoms with E-state index in [2.05, 4.69) is 0 Å². The van der Waals surface area contributed by atoms with Gasteiger partial charge in [0.25, 0.3) is 5.91 Å². The van der Waals surface area contributed by atoms with Crippen molar-refractivity contribution in [1.29, 1.82) is 0 Å². The van der Waals surface area contributed by atoms with E-state index in [1.807, 2.05) is 12.1 Å². The Hall–Kier alpha value is -4.19. The molecule has 32 heavy (non-hydrogen) atoms. The first-order chi connectivity index (χ1) is 15.5.